The number of carbonyl (C=O) groups is 1. The Hall–Kier alpha value is -0.620. The molecule has 0 radical (unpaired) electrons. The molecule has 0 spiro atoms. The summed E-state index contributed by atoms with van der Waals surface area (Å²) in [6.45, 7) is 1.63. The average Bonchev–Trinajstić information content (AvgIpc) is 2.68. The van der Waals surface area contributed by atoms with Gasteiger partial charge in [0.1, 0.15) is 0 Å². The largest absolute Gasteiger partial charge is 0.354 e. The molecule has 0 aromatic rings. The number of piperidine rings is 1. The van der Waals surface area contributed by atoms with E-state index >= 15 is 0 Å². The minimum atomic E-state index is -2.96. The van der Waals surface area contributed by atoms with E-state index in [9.17, 15) is 13.2 Å². The molecule has 2 heterocycles. The summed E-state index contributed by atoms with van der Waals surface area (Å²) in [6.07, 6.45) is 3.96. The number of carbonyl (C=O) groups excluding carboxylic acids is 1. The van der Waals surface area contributed by atoms with Crippen molar-refractivity contribution in [3.8, 4) is 0 Å². The van der Waals surface area contributed by atoms with Gasteiger partial charge in [0.15, 0.2) is 9.84 Å². The fourth-order valence-corrected chi connectivity index (χ4v) is 4.21. The Morgan fingerprint density at radius 3 is 2.71 bits per heavy atom. The summed E-state index contributed by atoms with van der Waals surface area (Å²) >= 11 is 0. The fraction of sp³-hybridized carbons (Fsp3) is 0.909. The van der Waals surface area contributed by atoms with Crippen molar-refractivity contribution in [3.63, 3.8) is 0 Å². The van der Waals surface area contributed by atoms with Crippen molar-refractivity contribution >= 4 is 15.7 Å². The molecule has 0 aromatic heterocycles. The zero-order valence-electron chi connectivity index (χ0n) is 9.94. The molecule has 0 bridgehead atoms. The first-order chi connectivity index (χ1) is 8.07. The van der Waals surface area contributed by atoms with Gasteiger partial charge in [-0.05, 0) is 25.8 Å². The molecular weight excluding hydrogens is 240 g/mol. The molecule has 5 nitrogen and oxygen atoms in total. The van der Waals surface area contributed by atoms with Crippen LogP contribution in [0.25, 0.3) is 0 Å². The highest BCUT2D eigenvalue weighted by Gasteiger charge is 2.32. The standard InChI is InChI=1S/C11H20N2O3S/c14-11(9-4-6-17(15,16)8-9)13-7-10-3-1-2-5-12-10/h9-10,12H,1-8H2,(H,13,14). The molecule has 2 aliphatic heterocycles. The Morgan fingerprint density at radius 2 is 2.12 bits per heavy atom. The van der Waals surface area contributed by atoms with E-state index in [4.69, 9.17) is 0 Å². The lowest BCUT2D eigenvalue weighted by Gasteiger charge is -2.24. The van der Waals surface area contributed by atoms with E-state index in [1.54, 1.807) is 0 Å². The van der Waals surface area contributed by atoms with Crippen molar-refractivity contribution in [3.05, 3.63) is 0 Å². The lowest BCUT2D eigenvalue weighted by Crippen LogP contribution is -2.45. The van der Waals surface area contributed by atoms with Gasteiger partial charge >= 0.3 is 0 Å². The average molecular weight is 260 g/mol. The van der Waals surface area contributed by atoms with Crippen LogP contribution < -0.4 is 10.6 Å². The molecule has 6 heteroatoms. The van der Waals surface area contributed by atoms with Crippen LogP contribution in [0.5, 0.6) is 0 Å². The van der Waals surface area contributed by atoms with Crippen LogP contribution in [0.4, 0.5) is 0 Å². The first kappa shape index (κ1) is 12.8. The topological polar surface area (TPSA) is 75.3 Å². The zero-order valence-corrected chi connectivity index (χ0v) is 10.8. The minimum Gasteiger partial charge on any atom is -0.354 e. The van der Waals surface area contributed by atoms with E-state index in [0.717, 1.165) is 13.0 Å². The molecule has 1 amide bonds. The predicted octanol–water partition coefficient (Wildman–Crippen LogP) is -0.321. The Morgan fingerprint density at radius 1 is 1.29 bits per heavy atom. The Bertz CT molecular complexity index is 374. The van der Waals surface area contributed by atoms with Crippen molar-refractivity contribution in [2.75, 3.05) is 24.6 Å². The summed E-state index contributed by atoms with van der Waals surface area (Å²) in [5.74, 6) is -0.244. The maximum absolute atomic E-state index is 11.8. The summed E-state index contributed by atoms with van der Waals surface area (Å²) in [4.78, 5) is 11.8. The van der Waals surface area contributed by atoms with Crippen LogP contribution in [-0.4, -0.2) is 45.0 Å². The number of hydrogen-bond acceptors (Lipinski definition) is 4. The highest BCUT2D eigenvalue weighted by Crippen LogP contribution is 2.18. The molecular formula is C11H20N2O3S. The first-order valence-corrected chi connectivity index (χ1v) is 8.10. The van der Waals surface area contributed by atoms with Gasteiger partial charge in [-0.15, -0.1) is 0 Å². The highest BCUT2D eigenvalue weighted by molar-refractivity contribution is 7.91. The maximum atomic E-state index is 11.8. The molecule has 98 valence electrons. The molecule has 2 N–H and O–H groups in total. The second kappa shape index (κ2) is 5.35. The minimum absolute atomic E-state index is 0.0247. The van der Waals surface area contributed by atoms with E-state index in [0.29, 0.717) is 19.0 Å². The molecule has 2 aliphatic rings. The molecule has 2 saturated heterocycles. The monoisotopic (exact) mass is 260 g/mol. The van der Waals surface area contributed by atoms with Gasteiger partial charge in [-0.2, -0.15) is 0 Å². The molecule has 0 aliphatic carbocycles. The van der Waals surface area contributed by atoms with Gasteiger partial charge in [0.05, 0.1) is 17.4 Å². The third-order valence-electron chi connectivity index (χ3n) is 3.54. The van der Waals surface area contributed by atoms with E-state index in [2.05, 4.69) is 10.6 Å². The van der Waals surface area contributed by atoms with Gasteiger partial charge in [-0.1, -0.05) is 6.42 Å². The summed E-state index contributed by atoms with van der Waals surface area (Å²) in [6, 6.07) is 0.353. The molecule has 0 saturated carbocycles. The third-order valence-corrected chi connectivity index (χ3v) is 5.31. The van der Waals surface area contributed by atoms with Crippen LogP contribution in [0, 0.1) is 5.92 Å². The van der Waals surface area contributed by atoms with Gasteiger partial charge in [0.2, 0.25) is 5.91 Å². The summed E-state index contributed by atoms with van der Waals surface area (Å²) in [5.41, 5.74) is 0. The van der Waals surface area contributed by atoms with Crippen LogP contribution in [0.15, 0.2) is 0 Å². The van der Waals surface area contributed by atoms with Crippen LogP contribution in [-0.2, 0) is 14.6 Å². The van der Waals surface area contributed by atoms with Crippen molar-refractivity contribution in [2.24, 2.45) is 5.92 Å². The second-order valence-corrected chi connectivity index (χ2v) is 7.22. The van der Waals surface area contributed by atoms with Gasteiger partial charge in [0, 0.05) is 12.6 Å². The van der Waals surface area contributed by atoms with Gasteiger partial charge in [0.25, 0.3) is 0 Å². The smallest absolute Gasteiger partial charge is 0.224 e. The Labute approximate surface area is 102 Å². The van der Waals surface area contributed by atoms with Crippen molar-refractivity contribution in [1.29, 1.82) is 0 Å². The summed E-state index contributed by atoms with van der Waals surface area (Å²) in [5, 5.41) is 6.21. The zero-order chi connectivity index (χ0) is 12.3. The molecule has 2 atom stereocenters. The quantitative estimate of drug-likeness (QED) is 0.729. The van der Waals surface area contributed by atoms with E-state index in [-0.39, 0.29) is 23.3 Å². The number of hydrogen-bond donors (Lipinski definition) is 2. The SMILES string of the molecule is O=C(NCC1CCCCN1)C1CCS(=O)(=O)C1. The number of sulfone groups is 1. The van der Waals surface area contributed by atoms with Crippen LogP contribution in [0.2, 0.25) is 0 Å². The third kappa shape index (κ3) is 3.67. The highest BCUT2D eigenvalue weighted by atomic mass is 32.2. The van der Waals surface area contributed by atoms with Crippen molar-refractivity contribution in [1.82, 2.24) is 10.6 Å². The van der Waals surface area contributed by atoms with E-state index in [1.165, 1.54) is 12.8 Å². The molecule has 17 heavy (non-hydrogen) atoms. The van der Waals surface area contributed by atoms with Crippen molar-refractivity contribution in [2.45, 2.75) is 31.7 Å². The lowest BCUT2D eigenvalue weighted by molar-refractivity contribution is -0.124. The Kier molecular flexibility index (Phi) is 4.04. The predicted molar refractivity (Wildman–Crippen MR) is 65.4 cm³/mol. The molecule has 2 fully saturated rings. The van der Waals surface area contributed by atoms with Crippen LogP contribution in [0.3, 0.4) is 0 Å². The van der Waals surface area contributed by atoms with E-state index in [1.807, 2.05) is 0 Å². The van der Waals surface area contributed by atoms with Gasteiger partial charge in [-0.25, -0.2) is 8.42 Å². The van der Waals surface area contributed by atoms with Gasteiger partial charge in [-0.3, -0.25) is 4.79 Å². The normalized spacial score (nSPS) is 32.2. The molecule has 0 aromatic carbocycles. The van der Waals surface area contributed by atoms with Crippen LogP contribution in [0.1, 0.15) is 25.7 Å². The summed E-state index contributed by atoms with van der Waals surface area (Å²) < 4.78 is 22.5. The second-order valence-electron chi connectivity index (χ2n) is 4.99. The molecule has 2 rings (SSSR count). The van der Waals surface area contributed by atoms with Gasteiger partial charge < -0.3 is 10.6 Å². The number of amides is 1. The lowest BCUT2D eigenvalue weighted by atomic mass is 10.0. The Balaban J connectivity index is 1.74. The fourth-order valence-electron chi connectivity index (χ4n) is 2.47. The summed E-state index contributed by atoms with van der Waals surface area (Å²) in [7, 11) is -2.96. The van der Waals surface area contributed by atoms with E-state index < -0.39 is 9.84 Å². The number of nitrogens with one attached hydrogen (secondary N) is 2. The van der Waals surface area contributed by atoms with Crippen LogP contribution >= 0.6 is 0 Å². The van der Waals surface area contributed by atoms with Crippen molar-refractivity contribution < 1.29 is 13.2 Å². The maximum Gasteiger partial charge on any atom is 0.224 e. The molecule has 2 unspecified atom stereocenters. The first-order valence-electron chi connectivity index (χ1n) is 6.28. The number of rotatable bonds is 3.